The summed E-state index contributed by atoms with van der Waals surface area (Å²) in [5.74, 6) is -0.674. The molecule has 3 aromatic heterocycles. The first-order valence-electron chi connectivity index (χ1n) is 8.63. The van der Waals surface area contributed by atoms with Crippen LogP contribution >= 0.6 is 11.6 Å². The fourth-order valence-corrected chi connectivity index (χ4v) is 3.60. The molecule has 26 heavy (non-hydrogen) atoms. The third kappa shape index (κ3) is 3.16. The zero-order valence-electron chi connectivity index (χ0n) is 14.0. The average molecular weight is 377 g/mol. The van der Waals surface area contributed by atoms with Crippen molar-refractivity contribution in [2.75, 3.05) is 0 Å². The number of carbonyl (C=O) groups excluding carboxylic acids is 1. The second-order valence-electron chi connectivity index (χ2n) is 6.46. The molecule has 0 radical (unpaired) electrons. The number of fused-ring (bicyclic) bond motifs is 1. The van der Waals surface area contributed by atoms with Crippen LogP contribution in [0.5, 0.6) is 0 Å². The minimum absolute atomic E-state index is 0.170. The standard InChI is InChI=1S/C17H18ClFN6O/c18-11-6-7-13-22-15(16(19)24(13)9-11)17(26)20-8-14-23-21-10-25(14)12-4-2-1-3-5-12/h6-7,9-10,12H,1-5,8H2,(H,20,26). The van der Waals surface area contributed by atoms with Gasteiger partial charge < -0.3 is 9.88 Å². The molecule has 7 nitrogen and oxygen atoms in total. The molecule has 0 unspecified atom stereocenters. The molecule has 0 aromatic carbocycles. The highest BCUT2D eigenvalue weighted by Gasteiger charge is 2.22. The molecule has 1 aliphatic rings. The highest BCUT2D eigenvalue weighted by atomic mass is 35.5. The molecule has 9 heteroatoms. The summed E-state index contributed by atoms with van der Waals surface area (Å²) >= 11 is 5.87. The average Bonchev–Trinajstić information content (AvgIpc) is 3.25. The Morgan fingerprint density at radius 1 is 1.31 bits per heavy atom. The van der Waals surface area contributed by atoms with Gasteiger partial charge in [0.1, 0.15) is 12.0 Å². The fourth-order valence-electron chi connectivity index (χ4n) is 3.43. The van der Waals surface area contributed by atoms with Crippen LogP contribution in [0.4, 0.5) is 4.39 Å². The Morgan fingerprint density at radius 3 is 2.92 bits per heavy atom. The van der Waals surface area contributed by atoms with E-state index >= 15 is 0 Å². The van der Waals surface area contributed by atoms with Crippen LogP contribution in [0.3, 0.4) is 0 Å². The zero-order chi connectivity index (χ0) is 18.1. The molecule has 0 saturated heterocycles. The van der Waals surface area contributed by atoms with Crippen LogP contribution in [-0.2, 0) is 6.54 Å². The Balaban J connectivity index is 1.50. The van der Waals surface area contributed by atoms with Crippen molar-refractivity contribution >= 4 is 23.2 Å². The lowest BCUT2D eigenvalue weighted by Gasteiger charge is -2.23. The quantitative estimate of drug-likeness (QED) is 0.758. The number of nitrogens with one attached hydrogen (secondary N) is 1. The molecular formula is C17H18ClFN6O. The molecule has 136 valence electrons. The van der Waals surface area contributed by atoms with Crippen molar-refractivity contribution in [2.45, 2.75) is 44.7 Å². The van der Waals surface area contributed by atoms with E-state index in [1.165, 1.54) is 25.5 Å². The van der Waals surface area contributed by atoms with Crippen LogP contribution in [0.1, 0.15) is 54.5 Å². The van der Waals surface area contributed by atoms with E-state index in [4.69, 9.17) is 11.6 Å². The minimum Gasteiger partial charge on any atom is -0.343 e. The third-order valence-electron chi connectivity index (χ3n) is 4.76. The second kappa shape index (κ2) is 7.03. The van der Waals surface area contributed by atoms with Crippen molar-refractivity contribution in [2.24, 2.45) is 0 Å². The summed E-state index contributed by atoms with van der Waals surface area (Å²) < 4.78 is 17.6. The van der Waals surface area contributed by atoms with Crippen molar-refractivity contribution in [1.29, 1.82) is 0 Å². The maximum absolute atomic E-state index is 14.4. The molecule has 0 spiro atoms. The monoisotopic (exact) mass is 376 g/mol. The Hall–Kier alpha value is -2.48. The maximum Gasteiger partial charge on any atom is 0.275 e. The van der Waals surface area contributed by atoms with Gasteiger partial charge in [-0.25, -0.2) is 4.98 Å². The van der Waals surface area contributed by atoms with Crippen LogP contribution in [0.2, 0.25) is 5.02 Å². The number of hydrogen-bond donors (Lipinski definition) is 1. The topological polar surface area (TPSA) is 77.1 Å². The summed E-state index contributed by atoms with van der Waals surface area (Å²) in [7, 11) is 0. The molecule has 1 saturated carbocycles. The number of carbonyl (C=O) groups is 1. The van der Waals surface area contributed by atoms with Crippen molar-refractivity contribution in [3.05, 3.63) is 47.1 Å². The van der Waals surface area contributed by atoms with E-state index in [1.54, 1.807) is 18.5 Å². The lowest BCUT2D eigenvalue weighted by molar-refractivity contribution is 0.0940. The normalized spacial score (nSPS) is 15.5. The lowest BCUT2D eigenvalue weighted by Crippen LogP contribution is -2.27. The van der Waals surface area contributed by atoms with Gasteiger partial charge in [0.15, 0.2) is 11.5 Å². The van der Waals surface area contributed by atoms with Gasteiger partial charge in [0.25, 0.3) is 5.91 Å². The molecule has 4 rings (SSSR count). The Morgan fingerprint density at radius 2 is 2.12 bits per heavy atom. The van der Waals surface area contributed by atoms with Gasteiger partial charge in [-0.15, -0.1) is 10.2 Å². The van der Waals surface area contributed by atoms with Crippen molar-refractivity contribution in [3.8, 4) is 0 Å². The van der Waals surface area contributed by atoms with Crippen molar-refractivity contribution in [1.82, 2.24) is 29.5 Å². The van der Waals surface area contributed by atoms with Gasteiger partial charge in [-0.3, -0.25) is 9.20 Å². The Kier molecular flexibility index (Phi) is 4.58. The van der Waals surface area contributed by atoms with E-state index in [9.17, 15) is 9.18 Å². The molecule has 3 heterocycles. The second-order valence-corrected chi connectivity index (χ2v) is 6.89. The van der Waals surface area contributed by atoms with Crippen LogP contribution in [0.15, 0.2) is 24.7 Å². The van der Waals surface area contributed by atoms with Crippen molar-refractivity contribution < 1.29 is 9.18 Å². The van der Waals surface area contributed by atoms with Crippen LogP contribution in [0, 0.1) is 5.95 Å². The van der Waals surface area contributed by atoms with Gasteiger partial charge in [0.2, 0.25) is 5.95 Å². The van der Waals surface area contributed by atoms with Gasteiger partial charge in [-0.2, -0.15) is 4.39 Å². The number of imidazole rings is 1. The van der Waals surface area contributed by atoms with Gasteiger partial charge in [0.05, 0.1) is 11.6 Å². The van der Waals surface area contributed by atoms with Gasteiger partial charge >= 0.3 is 0 Å². The van der Waals surface area contributed by atoms with E-state index in [0.717, 1.165) is 17.2 Å². The van der Waals surface area contributed by atoms with Crippen LogP contribution < -0.4 is 5.32 Å². The molecule has 0 aliphatic heterocycles. The molecule has 0 atom stereocenters. The maximum atomic E-state index is 14.4. The van der Waals surface area contributed by atoms with E-state index in [0.29, 0.717) is 22.5 Å². The number of halogens is 2. The summed E-state index contributed by atoms with van der Waals surface area (Å²) in [6.07, 6.45) is 8.87. The zero-order valence-corrected chi connectivity index (χ0v) is 14.8. The minimum atomic E-state index is -0.742. The van der Waals surface area contributed by atoms with E-state index in [1.807, 2.05) is 4.57 Å². The first-order chi connectivity index (χ1) is 12.6. The Labute approximate surface area is 154 Å². The number of hydrogen-bond acceptors (Lipinski definition) is 4. The largest absolute Gasteiger partial charge is 0.343 e. The summed E-state index contributed by atoms with van der Waals surface area (Å²) in [6.45, 7) is 0.170. The Bertz CT molecular complexity index is 946. The van der Waals surface area contributed by atoms with Crippen LogP contribution in [-0.4, -0.2) is 30.1 Å². The number of amides is 1. The van der Waals surface area contributed by atoms with Crippen molar-refractivity contribution in [3.63, 3.8) is 0 Å². The summed E-state index contributed by atoms with van der Waals surface area (Å²) in [5, 5.41) is 11.1. The van der Waals surface area contributed by atoms with E-state index < -0.39 is 11.9 Å². The highest BCUT2D eigenvalue weighted by molar-refractivity contribution is 6.30. The number of aromatic nitrogens is 5. The number of pyridine rings is 1. The van der Waals surface area contributed by atoms with Gasteiger partial charge in [-0.1, -0.05) is 30.9 Å². The fraction of sp³-hybridized carbons (Fsp3) is 0.412. The summed E-state index contributed by atoms with van der Waals surface area (Å²) in [5.41, 5.74) is 0.0541. The molecule has 1 amide bonds. The van der Waals surface area contributed by atoms with E-state index in [-0.39, 0.29) is 12.2 Å². The summed E-state index contributed by atoms with van der Waals surface area (Å²) in [4.78, 5) is 16.4. The third-order valence-corrected chi connectivity index (χ3v) is 4.99. The van der Waals surface area contributed by atoms with Crippen LogP contribution in [0.25, 0.3) is 5.65 Å². The molecule has 1 fully saturated rings. The van der Waals surface area contributed by atoms with Gasteiger partial charge in [0, 0.05) is 12.2 Å². The molecule has 0 bridgehead atoms. The number of rotatable bonds is 4. The molecule has 3 aromatic rings. The smallest absolute Gasteiger partial charge is 0.275 e. The van der Waals surface area contributed by atoms with Gasteiger partial charge in [-0.05, 0) is 25.0 Å². The molecule has 1 aliphatic carbocycles. The molecule has 1 N–H and O–H groups in total. The van der Waals surface area contributed by atoms with E-state index in [2.05, 4.69) is 20.5 Å². The highest BCUT2D eigenvalue weighted by Crippen LogP contribution is 2.28. The predicted molar refractivity (Wildman–Crippen MR) is 93.5 cm³/mol. The summed E-state index contributed by atoms with van der Waals surface area (Å²) in [6, 6.07) is 3.51. The first kappa shape index (κ1) is 17.0. The lowest BCUT2D eigenvalue weighted by atomic mass is 9.95. The molecular weight excluding hydrogens is 359 g/mol. The predicted octanol–water partition coefficient (Wildman–Crippen LogP) is 3.15. The number of nitrogens with zero attached hydrogens (tertiary/aromatic N) is 5. The first-order valence-corrected chi connectivity index (χ1v) is 9.01. The SMILES string of the molecule is O=C(NCc1nncn1C1CCCCC1)c1nc2ccc(Cl)cn2c1F.